The number of nitrogens with one attached hydrogen (secondary N) is 3. The zero-order chi connectivity index (χ0) is 24.2. The lowest BCUT2D eigenvalue weighted by molar-refractivity contribution is -0.139. The largest absolute Gasteiger partial charge is 0.492 e. The standard InChI is InChI=1S/C19H24BrN5O6S2/c20-11-8-10-3-6-31-15(10)14(9-11)33(29,30)25-12-4-7-32-16(12)17(26)24-13(18(27)28)2-1-5-23-19(21)22/h4,7-9,13,19,23,25H,1-3,5-6,21-22H2,(H,24,26)(H,27,28)/t13-/m0/s1. The first-order chi connectivity index (χ1) is 15.6. The molecule has 3 rings (SSSR count). The number of hydrogen-bond acceptors (Lipinski definition) is 9. The number of rotatable bonds is 11. The molecule has 1 aliphatic rings. The van der Waals surface area contributed by atoms with E-state index in [0.717, 1.165) is 16.9 Å². The molecule has 2 aromatic rings. The van der Waals surface area contributed by atoms with E-state index in [4.69, 9.17) is 16.2 Å². The van der Waals surface area contributed by atoms with Crippen LogP contribution in [0.5, 0.6) is 5.75 Å². The number of nitrogens with two attached hydrogens (primary N) is 2. The smallest absolute Gasteiger partial charge is 0.326 e. The van der Waals surface area contributed by atoms with Crippen molar-refractivity contribution in [3.05, 3.63) is 38.5 Å². The van der Waals surface area contributed by atoms with Gasteiger partial charge in [0.25, 0.3) is 15.9 Å². The van der Waals surface area contributed by atoms with E-state index in [1.807, 2.05) is 0 Å². The summed E-state index contributed by atoms with van der Waals surface area (Å²) in [5, 5.41) is 16.2. The highest BCUT2D eigenvalue weighted by Crippen LogP contribution is 2.37. The highest BCUT2D eigenvalue weighted by Gasteiger charge is 2.29. The lowest BCUT2D eigenvalue weighted by Gasteiger charge is -2.16. The number of ether oxygens (including phenoxy) is 1. The van der Waals surface area contributed by atoms with E-state index in [2.05, 4.69) is 31.3 Å². The number of carbonyl (C=O) groups is 2. The summed E-state index contributed by atoms with van der Waals surface area (Å²) in [5.41, 5.74) is 11.6. The van der Waals surface area contributed by atoms with Gasteiger partial charge < -0.3 is 26.6 Å². The van der Waals surface area contributed by atoms with Crippen LogP contribution in [-0.4, -0.2) is 50.9 Å². The molecule has 1 aliphatic heterocycles. The van der Waals surface area contributed by atoms with Gasteiger partial charge in [-0.15, -0.1) is 11.3 Å². The number of halogens is 1. The average molecular weight is 562 g/mol. The molecule has 2 heterocycles. The van der Waals surface area contributed by atoms with Crippen molar-refractivity contribution in [3.8, 4) is 5.75 Å². The Labute approximate surface area is 203 Å². The molecule has 0 unspecified atom stereocenters. The van der Waals surface area contributed by atoms with Crippen LogP contribution in [0.15, 0.2) is 32.9 Å². The minimum absolute atomic E-state index is 0.0412. The Bertz CT molecular complexity index is 1140. The van der Waals surface area contributed by atoms with Crippen molar-refractivity contribution in [2.75, 3.05) is 17.9 Å². The molecule has 0 saturated heterocycles. The van der Waals surface area contributed by atoms with E-state index in [0.29, 0.717) is 30.5 Å². The maximum atomic E-state index is 13.1. The van der Waals surface area contributed by atoms with Gasteiger partial charge in [0.15, 0.2) is 0 Å². The molecule has 33 heavy (non-hydrogen) atoms. The molecule has 11 nitrogen and oxygen atoms in total. The van der Waals surface area contributed by atoms with Gasteiger partial charge in [0.1, 0.15) is 27.9 Å². The molecule has 0 aliphatic carbocycles. The highest BCUT2D eigenvalue weighted by molar-refractivity contribution is 9.10. The molecule has 1 aromatic heterocycles. The summed E-state index contributed by atoms with van der Waals surface area (Å²) in [6.07, 6.45) is 0.406. The second-order valence-electron chi connectivity index (χ2n) is 7.25. The number of carbonyl (C=O) groups excluding carboxylic acids is 1. The number of sulfonamides is 1. The fraction of sp³-hybridized carbons (Fsp3) is 0.368. The van der Waals surface area contributed by atoms with Gasteiger partial charge in [-0.2, -0.15) is 0 Å². The van der Waals surface area contributed by atoms with Gasteiger partial charge in [0, 0.05) is 16.5 Å². The molecular weight excluding hydrogens is 538 g/mol. The quantitative estimate of drug-likeness (QED) is 0.172. The second kappa shape index (κ2) is 10.8. The first-order valence-electron chi connectivity index (χ1n) is 9.92. The summed E-state index contributed by atoms with van der Waals surface area (Å²) in [5.74, 6) is -1.63. The second-order valence-corrected chi connectivity index (χ2v) is 10.7. The van der Waals surface area contributed by atoms with Crippen LogP contribution in [0.2, 0.25) is 0 Å². The minimum Gasteiger partial charge on any atom is -0.492 e. The van der Waals surface area contributed by atoms with E-state index in [9.17, 15) is 23.1 Å². The summed E-state index contributed by atoms with van der Waals surface area (Å²) in [4.78, 5) is 24.3. The molecule has 8 N–H and O–H groups in total. The van der Waals surface area contributed by atoms with Crippen LogP contribution in [-0.2, 0) is 21.2 Å². The number of amides is 1. The monoisotopic (exact) mass is 561 g/mol. The zero-order valence-corrected chi connectivity index (χ0v) is 20.6. The number of benzene rings is 1. The third kappa shape index (κ3) is 6.43. The van der Waals surface area contributed by atoms with Crippen LogP contribution in [0.25, 0.3) is 0 Å². The molecule has 0 fully saturated rings. The normalized spacial score (nSPS) is 13.9. The Balaban J connectivity index is 1.74. The maximum absolute atomic E-state index is 13.1. The fourth-order valence-electron chi connectivity index (χ4n) is 3.26. The van der Waals surface area contributed by atoms with Crippen molar-refractivity contribution < 1.29 is 27.9 Å². The lowest BCUT2D eigenvalue weighted by Crippen LogP contribution is -2.46. The van der Waals surface area contributed by atoms with Crippen molar-refractivity contribution in [2.45, 2.75) is 36.5 Å². The Morgan fingerprint density at radius 1 is 1.30 bits per heavy atom. The van der Waals surface area contributed by atoms with Gasteiger partial charge in [-0.3, -0.25) is 14.8 Å². The summed E-state index contributed by atoms with van der Waals surface area (Å²) < 4.78 is 34.7. The van der Waals surface area contributed by atoms with E-state index >= 15 is 0 Å². The Kier molecular flexibility index (Phi) is 8.31. The van der Waals surface area contributed by atoms with E-state index < -0.39 is 34.2 Å². The summed E-state index contributed by atoms with van der Waals surface area (Å²) in [6.45, 7) is 0.754. The van der Waals surface area contributed by atoms with E-state index in [1.54, 1.807) is 6.07 Å². The first kappa shape index (κ1) is 25.4. The van der Waals surface area contributed by atoms with Crippen LogP contribution < -0.4 is 31.6 Å². The van der Waals surface area contributed by atoms with Crippen molar-refractivity contribution in [2.24, 2.45) is 11.5 Å². The molecule has 0 spiro atoms. The molecule has 14 heteroatoms. The molecule has 0 bridgehead atoms. The SMILES string of the molecule is NC(N)NCCC[C@H](NC(=O)c1sccc1NS(=O)(=O)c1cc(Br)cc2c1OCC2)C(=O)O. The number of carboxylic acids is 1. The van der Waals surface area contributed by atoms with Crippen molar-refractivity contribution in [1.82, 2.24) is 10.6 Å². The first-order valence-corrected chi connectivity index (χ1v) is 13.1. The third-order valence-corrected chi connectivity index (χ3v) is 7.51. The zero-order valence-electron chi connectivity index (χ0n) is 17.3. The molecule has 1 aromatic carbocycles. The van der Waals surface area contributed by atoms with Crippen LogP contribution in [0.4, 0.5) is 5.69 Å². The van der Waals surface area contributed by atoms with Gasteiger partial charge in [-0.05, 0) is 43.0 Å². The summed E-state index contributed by atoms with van der Waals surface area (Å²) in [6, 6.07) is 3.51. The van der Waals surface area contributed by atoms with Crippen LogP contribution in [0.3, 0.4) is 0 Å². The number of carboxylic acid groups (broad SMARTS) is 1. The van der Waals surface area contributed by atoms with Crippen molar-refractivity contribution >= 4 is 54.9 Å². The van der Waals surface area contributed by atoms with Crippen molar-refractivity contribution in [3.63, 3.8) is 0 Å². The Morgan fingerprint density at radius 2 is 2.06 bits per heavy atom. The number of hydrogen-bond donors (Lipinski definition) is 6. The minimum atomic E-state index is -4.08. The van der Waals surface area contributed by atoms with Gasteiger partial charge in [0.2, 0.25) is 0 Å². The molecule has 0 saturated carbocycles. The molecule has 0 radical (unpaired) electrons. The molecular formula is C19H24BrN5O6S2. The third-order valence-electron chi connectivity index (χ3n) is 4.77. The van der Waals surface area contributed by atoms with Crippen LogP contribution in [0, 0.1) is 0 Å². The van der Waals surface area contributed by atoms with Crippen molar-refractivity contribution in [1.29, 1.82) is 0 Å². The number of thiophene rings is 1. The van der Waals surface area contributed by atoms with Gasteiger partial charge in [0.05, 0.1) is 12.3 Å². The molecule has 180 valence electrons. The predicted molar refractivity (Wildman–Crippen MR) is 127 cm³/mol. The number of anilines is 1. The number of aliphatic carboxylic acids is 1. The lowest BCUT2D eigenvalue weighted by atomic mass is 10.1. The molecule has 1 atom stereocenters. The fourth-order valence-corrected chi connectivity index (χ4v) is 6.02. The maximum Gasteiger partial charge on any atom is 0.326 e. The van der Waals surface area contributed by atoms with E-state index in [-0.39, 0.29) is 27.6 Å². The molecule has 1 amide bonds. The summed E-state index contributed by atoms with van der Waals surface area (Å²) >= 11 is 4.30. The van der Waals surface area contributed by atoms with Gasteiger partial charge >= 0.3 is 5.97 Å². The van der Waals surface area contributed by atoms with Crippen LogP contribution in [0.1, 0.15) is 28.1 Å². The van der Waals surface area contributed by atoms with Gasteiger partial charge in [-0.1, -0.05) is 15.9 Å². The van der Waals surface area contributed by atoms with E-state index in [1.165, 1.54) is 17.5 Å². The Morgan fingerprint density at radius 3 is 2.76 bits per heavy atom. The Hall–Kier alpha value is -2.23. The number of fused-ring (bicyclic) bond motifs is 1. The summed E-state index contributed by atoms with van der Waals surface area (Å²) in [7, 11) is -4.08. The average Bonchev–Trinajstić information content (AvgIpc) is 3.37. The predicted octanol–water partition coefficient (Wildman–Crippen LogP) is 1.00. The topological polar surface area (TPSA) is 186 Å². The highest BCUT2D eigenvalue weighted by atomic mass is 79.9. The van der Waals surface area contributed by atoms with Crippen LogP contribution >= 0.6 is 27.3 Å². The van der Waals surface area contributed by atoms with Gasteiger partial charge in [-0.25, -0.2) is 13.2 Å².